The van der Waals surface area contributed by atoms with Crippen molar-refractivity contribution < 1.29 is 4.42 Å². The molecule has 1 aliphatic carbocycles. The molecule has 0 aromatic carbocycles. The van der Waals surface area contributed by atoms with Crippen LogP contribution in [0.3, 0.4) is 0 Å². The number of nitrogens with zero attached hydrogens (tertiary/aromatic N) is 3. The zero-order chi connectivity index (χ0) is 16.9. The molecule has 1 aromatic heterocycles. The SMILES string of the molecule is Cc1nc(CN2CCC(CN=C(N)NC3CCCC3)CC2)oc1C.I. The lowest BCUT2D eigenvalue weighted by Crippen LogP contribution is -2.39. The number of hydrogen-bond donors (Lipinski definition) is 2. The quantitative estimate of drug-likeness (QED) is 0.401. The predicted octanol–water partition coefficient (Wildman–Crippen LogP) is 2.97. The summed E-state index contributed by atoms with van der Waals surface area (Å²) >= 11 is 0. The first-order chi connectivity index (χ1) is 11.6. The molecule has 0 radical (unpaired) electrons. The van der Waals surface area contributed by atoms with Gasteiger partial charge in [-0.1, -0.05) is 12.8 Å². The van der Waals surface area contributed by atoms with Crippen LogP contribution in [-0.2, 0) is 6.54 Å². The monoisotopic (exact) mass is 461 g/mol. The molecule has 1 saturated heterocycles. The van der Waals surface area contributed by atoms with Gasteiger partial charge in [-0.05, 0) is 58.5 Å². The van der Waals surface area contributed by atoms with Crippen molar-refractivity contribution in [3.63, 3.8) is 0 Å². The molecule has 1 aromatic rings. The van der Waals surface area contributed by atoms with Crippen LogP contribution in [0.25, 0.3) is 0 Å². The third-order valence-electron chi connectivity index (χ3n) is 5.37. The van der Waals surface area contributed by atoms with Gasteiger partial charge in [-0.25, -0.2) is 4.98 Å². The fourth-order valence-corrected chi connectivity index (χ4v) is 3.68. The number of guanidine groups is 1. The minimum atomic E-state index is 0. The molecule has 6 nitrogen and oxygen atoms in total. The van der Waals surface area contributed by atoms with Crippen molar-refractivity contribution in [3.8, 4) is 0 Å². The van der Waals surface area contributed by atoms with Crippen LogP contribution >= 0.6 is 24.0 Å². The largest absolute Gasteiger partial charge is 0.444 e. The van der Waals surface area contributed by atoms with Crippen LogP contribution in [0, 0.1) is 19.8 Å². The van der Waals surface area contributed by atoms with Crippen LogP contribution in [0.4, 0.5) is 0 Å². The van der Waals surface area contributed by atoms with Gasteiger partial charge in [-0.15, -0.1) is 24.0 Å². The van der Waals surface area contributed by atoms with E-state index in [9.17, 15) is 0 Å². The smallest absolute Gasteiger partial charge is 0.208 e. The van der Waals surface area contributed by atoms with Crippen LogP contribution in [0.15, 0.2) is 9.41 Å². The van der Waals surface area contributed by atoms with Gasteiger partial charge in [0.25, 0.3) is 0 Å². The standard InChI is InChI=1S/C18H31N5O.HI/c1-13-14(2)24-17(21-13)12-23-9-7-15(8-10-23)11-20-18(19)22-16-5-3-4-6-16;/h15-16H,3-12H2,1-2H3,(H3,19,20,22);1H. The van der Waals surface area contributed by atoms with E-state index in [0.717, 1.165) is 43.5 Å². The fourth-order valence-electron chi connectivity index (χ4n) is 3.68. The third kappa shape index (κ3) is 6.13. The summed E-state index contributed by atoms with van der Waals surface area (Å²) in [4.78, 5) is 11.5. The van der Waals surface area contributed by atoms with E-state index in [-0.39, 0.29) is 24.0 Å². The van der Waals surface area contributed by atoms with Crippen molar-refractivity contribution in [1.29, 1.82) is 0 Å². The number of rotatable bonds is 5. The van der Waals surface area contributed by atoms with Crippen molar-refractivity contribution in [3.05, 3.63) is 17.3 Å². The van der Waals surface area contributed by atoms with Gasteiger partial charge in [-0.3, -0.25) is 9.89 Å². The van der Waals surface area contributed by atoms with E-state index >= 15 is 0 Å². The summed E-state index contributed by atoms with van der Waals surface area (Å²) in [6.07, 6.45) is 7.42. The maximum Gasteiger partial charge on any atom is 0.208 e. The molecule has 3 rings (SSSR count). The Morgan fingerprint density at radius 3 is 2.52 bits per heavy atom. The van der Waals surface area contributed by atoms with E-state index in [2.05, 4.69) is 20.2 Å². The second kappa shape index (κ2) is 9.75. The Morgan fingerprint density at radius 1 is 1.24 bits per heavy atom. The summed E-state index contributed by atoms with van der Waals surface area (Å²) in [6.45, 7) is 7.79. The lowest BCUT2D eigenvalue weighted by Gasteiger charge is -2.30. The molecular weight excluding hydrogens is 429 g/mol. The number of halogens is 1. The number of nitrogens with one attached hydrogen (secondary N) is 1. The van der Waals surface area contributed by atoms with Gasteiger partial charge in [0.1, 0.15) is 5.76 Å². The Bertz CT molecular complexity index is 540. The van der Waals surface area contributed by atoms with Gasteiger partial charge in [0, 0.05) is 12.6 Å². The molecule has 0 spiro atoms. The molecule has 2 heterocycles. The minimum Gasteiger partial charge on any atom is -0.444 e. The van der Waals surface area contributed by atoms with Crippen molar-refractivity contribution in [1.82, 2.24) is 15.2 Å². The van der Waals surface area contributed by atoms with Crippen LogP contribution in [0.1, 0.15) is 55.9 Å². The number of piperidine rings is 1. The molecule has 7 heteroatoms. The predicted molar refractivity (Wildman–Crippen MR) is 111 cm³/mol. The number of hydrogen-bond acceptors (Lipinski definition) is 4. The molecule has 0 bridgehead atoms. The average Bonchev–Trinajstić information content (AvgIpc) is 3.17. The molecule has 1 saturated carbocycles. The first kappa shape index (κ1) is 20.5. The second-order valence-corrected chi connectivity index (χ2v) is 7.32. The first-order valence-corrected chi connectivity index (χ1v) is 9.32. The summed E-state index contributed by atoms with van der Waals surface area (Å²) in [5.41, 5.74) is 7.02. The van der Waals surface area contributed by atoms with E-state index < -0.39 is 0 Å². The summed E-state index contributed by atoms with van der Waals surface area (Å²) < 4.78 is 5.69. The molecule has 0 unspecified atom stereocenters. The highest BCUT2D eigenvalue weighted by molar-refractivity contribution is 14.0. The van der Waals surface area contributed by atoms with Crippen molar-refractivity contribution >= 4 is 29.9 Å². The summed E-state index contributed by atoms with van der Waals surface area (Å²) in [6, 6.07) is 0.545. The molecule has 1 aliphatic heterocycles. The zero-order valence-corrected chi connectivity index (χ0v) is 17.8. The Labute approximate surface area is 168 Å². The average molecular weight is 461 g/mol. The zero-order valence-electron chi connectivity index (χ0n) is 15.5. The molecule has 0 atom stereocenters. The van der Waals surface area contributed by atoms with Crippen LogP contribution in [0.2, 0.25) is 0 Å². The van der Waals surface area contributed by atoms with E-state index in [0.29, 0.717) is 17.9 Å². The van der Waals surface area contributed by atoms with Gasteiger partial charge < -0.3 is 15.5 Å². The van der Waals surface area contributed by atoms with Crippen LogP contribution in [0.5, 0.6) is 0 Å². The van der Waals surface area contributed by atoms with Gasteiger partial charge in [0.2, 0.25) is 5.89 Å². The summed E-state index contributed by atoms with van der Waals surface area (Å²) in [7, 11) is 0. The van der Waals surface area contributed by atoms with Crippen LogP contribution in [-0.4, -0.2) is 41.5 Å². The lowest BCUT2D eigenvalue weighted by atomic mass is 9.97. The lowest BCUT2D eigenvalue weighted by molar-refractivity contribution is 0.166. The van der Waals surface area contributed by atoms with Gasteiger partial charge >= 0.3 is 0 Å². The maximum absolute atomic E-state index is 6.02. The van der Waals surface area contributed by atoms with E-state index in [1.807, 2.05) is 13.8 Å². The summed E-state index contributed by atoms with van der Waals surface area (Å²) in [5.74, 6) is 3.04. The first-order valence-electron chi connectivity index (χ1n) is 9.32. The number of oxazole rings is 1. The highest BCUT2D eigenvalue weighted by atomic mass is 127. The molecule has 2 aliphatic rings. The molecule has 3 N–H and O–H groups in total. The Morgan fingerprint density at radius 2 is 1.92 bits per heavy atom. The van der Waals surface area contributed by atoms with Crippen molar-refractivity contribution in [2.75, 3.05) is 19.6 Å². The van der Waals surface area contributed by atoms with Crippen molar-refractivity contribution in [2.45, 2.75) is 65.0 Å². The molecule has 25 heavy (non-hydrogen) atoms. The van der Waals surface area contributed by atoms with E-state index in [1.54, 1.807) is 0 Å². The number of aromatic nitrogens is 1. The van der Waals surface area contributed by atoms with E-state index in [1.165, 1.54) is 38.5 Å². The number of aryl methyl sites for hydroxylation is 2. The number of nitrogens with two attached hydrogens (primary N) is 1. The second-order valence-electron chi connectivity index (χ2n) is 7.32. The molecule has 142 valence electrons. The maximum atomic E-state index is 6.02. The van der Waals surface area contributed by atoms with Gasteiger partial charge in [0.15, 0.2) is 5.96 Å². The van der Waals surface area contributed by atoms with E-state index in [4.69, 9.17) is 10.2 Å². The highest BCUT2D eigenvalue weighted by Crippen LogP contribution is 2.20. The normalized spacial score (nSPS) is 20.6. The topological polar surface area (TPSA) is 79.7 Å². The Hall–Kier alpha value is -0.830. The molecule has 2 fully saturated rings. The minimum absolute atomic E-state index is 0. The number of likely N-dealkylation sites (tertiary alicyclic amines) is 1. The third-order valence-corrected chi connectivity index (χ3v) is 5.37. The molecule has 0 amide bonds. The molecular formula is C18H32IN5O. The Kier molecular flexibility index (Phi) is 7.99. The van der Waals surface area contributed by atoms with Crippen molar-refractivity contribution in [2.24, 2.45) is 16.6 Å². The van der Waals surface area contributed by atoms with Gasteiger partial charge in [-0.2, -0.15) is 0 Å². The number of aliphatic imine (C=N–C) groups is 1. The Balaban J connectivity index is 0.00000225. The fraction of sp³-hybridized carbons (Fsp3) is 0.778. The summed E-state index contributed by atoms with van der Waals surface area (Å²) in [5, 5.41) is 3.36. The highest BCUT2D eigenvalue weighted by Gasteiger charge is 2.21. The van der Waals surface area contributed by atoms with Crippen LogP contribution < -0.4 is 11.1 Å². The van der Waals surface area contributed by atoms with Gasteiger partial charge in [0.05, 0.1) is 12.2 Å².